The number of furan rings is 1. The van der Waals surface area contributed by atoms with E-state index in [1.807, 2.05) is 0 Å². The zero-order valence-corrected chi connectivity index (χ0v) is 12.5. The molecule has 1 N–H and O–H groups in total. The maximum absolute atomic E-state index is 12.5. The Balaban J connectivity index is 1.70. The van der Waals surface area contributed by atoms with Crippen molar-refractivity contribution in [3.8, 4) is 0 Å². The van der Waals surface area contributed by atoms with Crippen molar-refractivity contribution in [3.05, 3.63) is 17.9 Å². The number of hydrogen-bond acceptors (Lipinski definition) is 5. The molecule has 2 fully saturated rings. The van der Waals surface area contributed by atoms with Crippen molar-refractivity contribution in [1.29, 1.82) is 0 Å². The highest BCUT2D eigenvalue weighted by Crippen LogP contribution is 2.24. The van der Waals surface area contributed by atoms with E-state index in [1.54, 1.807) is 23.4 Å². The molecule has 2 aliphatic heterocycles. The van der Waals surface area contributed by atoms with Gasteiger partial charge in [0.1, 0.15) is 5.76 Å². The van der Waals surface area contributed by atoms with Crippen LogP contribution in [0.15, 0.2) is 21.6 Å². The van der Waals surface area contributed by atoms with Crippen LogP contribution in [0.25, 0.3) is 0 Å². The molecule has 3 heterocycles. The molecule has 1 unspecified atom stereocenters. The van der Waals surface area contributed by atoms with Gasteiger partial charge in [0.05, 0.1) is 0 Å². The number of nitrogens with zero attached hydrogens (tertiary/aromatic N) is 2. The van der Waals surface area contributed by atoms with Crippen molar-refractivity contribution in [3.63, 3.8) is 0 Å². The first kappa shape index (κ1) is 14.1. The zero-order valence-electron chi connectivity index (χ0n) is 11.7. The Kier molecular flexibility index (Phi) is 3.85. The Morgan fingerprint density at radius 2 is 2.00 bits per heavy atom. The highest BCUT2D eigenvalue weighted by molar-refractivity contribution is 7.89. The van der Waals surface area contributed by atoms with Crippen LogP contribution in [0.4, 0.5) is 0 Å². The standard InChI is InChI=1S/C13H21N3O3S/c1-11-2-3-13(19-11)20(17,18)16-7-4-12(10-16)15-8-5-14-6-9-15/h2-3,12,14H,4-10H2,1H3. The molecule has 0 aliphatic carbocycles. The molecule has 112 valence electrons. The topological polar surface area (TPSA) is 65.8 Å². The van der Waals surface area contributed by atoms with Gasteiger partial charge >= 0.3 is 0 Å². The first-order valence-corrected chi connectivity index (χ1v) is 8.53. The number of aryl methyl sites for hydroxylation is 1. The number of hydrogen-bond donors (Lipinski definition) is 1. The molecule has 0 amide bonds. The monoisotopic (exact) mass is 299 g/mol. The molecule has 0 saturated carbocycles. The fraction of sp³-hybridized carbons (Fsp3) is 0.692. The summed E-state index contributed by atoms with van der Waals surface area (Å²) < 4.78 is 31.8. The lowest BCUT2D eigenvalue weighted by molar-refractivity contribution is 0.179. The Bertz CT molecular complexity index is 563. The lowest BCUT2D eigenvalue weighted by atomic mass is 10.2. The third-order valence-corrected chi connectivity index (χ3v) is 5.84. The fourth-order valence-electron chi connectivity index (χ4n) is 2.95. The predicted octanol–water partition coefficient (Wildman–Crippen LogP) is 0.256. The summed E-state index contributed by atoms with van der Waals surface area (Å²) in [7, 11) is -3.47. The SMILES string of the molecule is Cc1ccc(S(=O)(=O)N2CCC(N3CCNCC3)C2)o1. The molecule has 0 radical (unpaired) electrons. The average Bonchev–Trinajstić information content (AvgIpc) is 3.09. The van der Waals surface area contributed by atoms with E-state index >= 15 is 0 Å². The maximum Gasteiger partial charge on any atom is 0.276 e. The Labute approximate surface area is 119 Å². The van der Waals surface area contributed by atoms with E-state index in [1.165, 1.54) is 0 Å². The Morgan fingerprint density at radius 3 is 2.65 bits per heavy atom. The molecule has 1 aromatic heterocycles. The van der Waals surface area contributed by atoms with Crippen molar-refractivity contribution in [2.75, 3.05) is 39.3 Å². The number of piperazine rings is 1. The van der Waals surface area contributed by atoms with Crippen LogP contribution in [0, 0.1) is 6.92 Å². The van der Waals surface area contributed by atoms with E-state index in [9.17, 15) is 8.42 Å². The highest BCUT2D eigenvalue weighted by atomic mass is 32.2. The molecular weight excluding hydrogens is 278 g/mol. The van der Waals surface area contributed by atoms with E-state index in [2.05, 4.69) is 10.2 Å². The van der Waals surface area contributed by atoms with Crippen molar-refractivity contribution in [2.24, 2.45) is 0 Å². The summed E-state index contributed by atoms with van der Waals surface area (Å²) in [4.78, 5) is 2.39. The van der Waals surface area contributed by atoms with Crippen LogP contribution in [0.1, 0.15) is 12.2 Å². The fourth-order valence-corrected chi connectivity index (χ4v) is 4.40. The van der Waals surface area contributed by atoms with Crippen molar-refractivity contribution >= 4 is 10.0 Å². The molecule has 0 bridgehead atoms. The van der Waals surface area contributed by atoms with Gasteiger partial charge in [0, 0.05) is 45.3 Å². The molecule has 0 spiro atoms. The lowest BCUT2D eigenvalue weighted by Gasteiger charge is -2.32. The molecule has 1 aromatic rings. The van der Waals surface area contributed by atoms with Crippen molar-refractivity contribution in [1.82, 2.24) is 14.5 Å². The van der Waals surface area contributed by atoms with E-state index in [0.717, 1.165) is 32.6 Å². The quantitative estimate of drug-likeness (QED) is 0.867. The van der Waals surface area contributed by atoms with Gasteiger partial charge in [-0.2, -0.15) is 4.31 Å². The summed E-state index contributed by atoms with van der Waals surface area (Å²) in [6, 6.07) is 3.57. The van der Waals surface area contributed by atoms with Crippen LogP contribution >= 0.6 is 0 Å². The summed E-state index contributed by atoms with van der Waals surface area (Å²) in [6.07, 6.45) is 0.902. The smallest absolute Gasteiger partial charge is 0.276 e. The summed E-state index contributed by atoms with van der Waals surface area (Å²) in [5, 5.41) is 3.39. The van der Waals surface area contributed by atoms with Crippen LogP contribution in [-0.4, -0.2) is 62.9 Å². The highest BCUT2D eigenvalue weighted by Gasteiger charge is 2.36. The van der Waals surface area contributed by atoms with Gasteiger partial charge in [-0.1, -0.05) is 0 Å². The lowest BCUT2D eigenvalue weighted by Crippen LogP contribution is -2.49. The second kappa shape index (κ2) is 5.48. The minimum Gasteiger partial charge on any atom is -0.449 e. The Hall–Kier alpha value is -0.890. The van der Waals surface area contributed by atoms with Gasteiger partial charge in [-0.15, -0.1) is 0 Å². The minimum atomic E-state index is -3.47. The van der Waals surface area contributed by atoms with Crippen LogP contribution in [0.3, 0.4) is 0 Å². The first-order chi connectivity index (χ1) is 9.57. The second-order valence-electron chi connectivity index (χ2n) is 5.46. The van der Waals surface area contributed by atoms with Gasteiger partial charge in [-0.05, 0) is 25.5 Å². The summed E-state index contributed by atoms with van der Waals surface area (Å²) in [6.45, 7) is 6.88. The van der Waals surface area contributed by atoms with E-state index < -0.39 is 10.0 Å². The van der Waals surface area contributed by atoms with Gasteiger partial charge < -0.3 is 9.73 Å². The molecule has 7 heteroatoms. The first-order valence-electron chi connectivity index (χ1n) is 7.09. The van der Waals surface area contributed by atoms with E-state index in [-0.39, 0.29) is 5.09 Å². The molecular formula is C13H21N3O3S. The number of rotatable bonds is 3. The van der Waals surface area contributed by atoms with E-state index in [0.29, 0.717) is 24.9 Å². The molecule has 20 heavy (non-hydrogen) atoms. The third-order valence-electron chi connectivity index (χ3n) is 4.10. The predicted molar refractivity (Wildman–Crippen MR) is 75.1 cm³/mol. The normalized spacial score (nSPS) is 26.1. The molecule has 0 aromatic carbocycles. The van der Waals surface area contributed by atoms with Gasteiger partial charge in [0.15, 0.2) is 0 Å². The van der Waals surface area contributed by atoms with Gasteiger partial charge in [0.2, 0.25) is 5.09 Å². The number of sulfonamides is 1. The molecule has 2 aliphatic rings. The molecule has 6 nitrogen and oxygen atoms in total. The molecule has 2 saturated heterocycles. The van der Waals surface area contributed by atoms with Crippen molar-refractivity contribution in [2.45, 2.75) is 24.5 Å². The van der Waals surface area contributed by atoms with Crippen LogP contribution < -0.4 is 5.32 Å². The Morgan fingerprint density at radius 1 is 1.25 bits per heavy atom. The second-order valence-corrected chi connectivity index (χ2v) is 7.33. The molecule has 3 rings (SSSR count). The minimum absolute atomic E-state index is 0.0657. The summed E-state index contributed by atoms with van der Waals surface area (Å²) in [5.74, 6) is 0.626. The van der Waals surface area contributed by atoms with Crippen LogP contribution in [-0.2, 0) is 10.0 Å². The number of nitrogens with one attached hydrogen (secondary N) is 1. The van der Waals surface area contributed by atoms with E-state index in [4.69, 9.17) is 4.42 Å². The average molecular weight is 299 g/mol. The van der Waals surface area contributed by atoms with Gasteiger partial charge in [-0.25, -0.2) is 8.42 Å². The van der Waals surface area contributed by atoms with Crippen LogP contribution in [0.5, 0.6) is 0 Å². The van der Waals surface area contributed by atoms with Gasteiger partial charge in [0.25, 0.3) is 10.0 Å². The maximum atomic E-state index is 12.5. The molecule has 1 atom stereocenters. The third kappa shape index (κ3) is 2.63. The summed E-state index contributed by atoms with van der Waals surface area (Å²) in [5.41, 5.74) is 0. The van der Waals surface area contributed by atoms with Crippen LogP contribution in [0.2, 0.25) is 0 Å². The zero-order chi connectivity index (χ0) is 14.2. The van der Waals surface area contributed by atoms with Gasteiger partial charge in [-0.3, -0.25) is 4.90 Å². The van der Waals surface area contributed by atoms with Crippen molar-refractivity contribution < 1.29 is 12.8 Å². The summed E-state index contributed by atoms with van der Waals surface area (Å²) >= 11 is 0. The largest absolute Gasteiger partial charge is 0.449 e.